The fourth-order valence-electron chi connectivity index (χ4n) is 3.29. The number of ether oxygens (including phenoxy) is 1. The smallest absolute Gasteiger partial charge is 0.341 e. The van der Waals surface area contributed by atoms with Crippen molar-refractivity contribution in [2.75, 3.05) is 24.3 Å². The summed E-state index contributed by atoms with van der Waals surface area (Å²) in [6.07, 6.45) is 0.793. The van der Waals surface area contributed by atoms with Crippen LogP contribution in [0.3, 0.4) is 0 Å². The van der Waals surface area contributed by atoms with Crippen LogP contribution in [-0.2, 0) is 27.7 Å². The summed E-state index contributed by atoms with van der Waals surface area (Å²) in [7, 11) is -3.33. The number of nitrogens with zero attached hydrogens (tertiary/aromatic N) is 3. The highest BCUT2D eigenvalue weighted by atomic mass is 32.2. The van der Waals surface area contributed by atoms with Crippen molar-refractivity contribution < 1.29 is 26.7 Å². The van der Waals surface area contributed by atoms with E-state index in [0.717, 1.165) is 34.8 Å². The second-order valence-corrected chi connectivity index (χ2v) is 8.55. The fourth-order valence-corrected chi connectivity index (χ4v) is 3.97. The van der Waals surface area contributed by atoms with E-state index in [1.807, 2.05) is 4.90 Å². The third kappa shape index (κ3) is 4.01. The Kier molecular flexibility index (Phi) is 5.69. The summed E-state index contributed by atoms with van der Waals surface area (Å²) in [5.41, 5.74) is 0.873. The van der Waals surface area contributed by atoms with Crippen LogP contribution in [0.15, 0.2) is 29.3 Å². The van der Waals surface area contributed by atoms with Crippen LogP contribution in [0.5, 0.6) is 0 Å². The van der Waals surface area contributed by atoms with E-state index in [2.05, 4.69) is 5.10 Å². The fraction of sp³-hybridized carbons (Fsp3) is 0.444. The molecule has 2 aromatic rings. The van der Waals surface area contributed by atoms with Crippen LogP contribution in [0.1, 0.15) is 41.4 Å². The van der Waals surface area contributed by atoms with Gasteiger partial charge in [-0.2, -0.15) is 5.10 Å². The SMILES string of the molecule is CCOC(=O)c1cnn(CN2CCCc3cc(S(C)(=O)=O)ccc32)c1C(F)F. The van der Waals surface area contributed by atoms with Crippen molar-refractivity contribution >= 4 is 21.5 Å². The van der Waals surface area contributed by atoms with E-state index in [-0.39, 0.29) is 23.7 Å². The van der Waals surface area contributed by atoms with Crippen molar-refractivity contribution in [2.45, 2.75) is 37.8 Å². The molecule has 1 aliphatic heterocycles. The van der Waals surface area contributed by atoms with E-state index in [1.165, 1.54) is 6.07 Å². The highest BCUT2D eigenvalue weighted by molar-refractivity contribution is 7.90. The average Bonchev–Trinajstić information content (AvgIpc) is 3.05. The van der Waals surface area contributed by atoms with Crippen LogP contribution < -0.4 is 4.90 Å². The van der Waals surface area contributed by atoms with Crippen LogP contribution in [0.4, 0.5) is 14.5 Å². The maximum Gasteiger partial charge on any atom is 0.341 e. The van der Waals surface area contributed by atoms with Gasteiger partial charge in [0.15, 0.2) is 9.84 Å². The molecule has 1 aromatic heterocycles. The third-order valence-electron chi connectivity index (χ3n) is 4.58. The van der Waals surface area contributed by atoms with Crippen molar-refractivity contribution in [3.63, 3.8) is 0 Å². The number of esters is 1. The summed E-state index contributed by atoms with van der Waals surface area (Å²) in [5, 5.41) is 3.96. The van der Waals surface area contributed by atoms with Gasteiger partial charge in [-0.15, -0.1) is 0 Å². The number of anilines is 1. The Morgan fingerprint density at radius 1 is 1.36 bits per heavy atom. The monoisotopic (exact) mass is 413 g/mol. The maximum absolute atomic E-state index is 13.6. The van der Waals surface area contributed by atoms with Gasteiger partial charge < -0.3 is 9.64 Å². The van der Waals surface area contributed by atoms with E-state index in [0.29, 0.717) is 13.0 Å². The summed E-state index contributed by atoms with van der Waals surface area (Å²) in [6, 6.07) is 4.81. The first kappa shape index (κ1) is 20.2. The van der Waals surface area contributed by atoms with Gasteiger partial charge in [0.05, 0.1) is 17.7 Å². The molecule has 10 heteroatoms. The Bertz CT molecular complexity index is 989. The molecule has 0 amide bonds. The molecule has 0 bridgehead atoms. The number of rotatable bonds is 6. The van der Waals surface area contributed by atoms with Crippen LogP contribution in [0.2, 0.25) is 0 Å². The first-order valence-corrected chi connectivity index (χ1v) is 10.7. The molecule has 28 heavy (non-hydrogen) atoms. The minimum atomic E-state index is -3.33. The number of hydrogen-bond donors (Lipinski definition) is 0. The van der Waals surface area contributed by atoms with Crippen molar-refractivity contribution in [3.8, 4) is 0 Å². The highest BCUT2D eigenvalue weighted by Crippen LogP contribution is 2.31. The molecule has 152 valence electrons. The molecule has 0 N–H and O–H groups in total. The molecule has 0 aliphatic carbocycles. The standard InChI is InChI=1S/C18H21F2N3O4S/c1-3-27-18(24)14-10-21-23(16(14)17(19)20)11-22-8-4-5-12-9-13(28(2,25)26)6-7-15(12)22/h6-7,9-10,17H,3-5,8,11H2,1-2H3. The third-order valence-corrected chi connectivity index (χ3v) is 5.69. The van der Waals surface area contributed by atoms with Crippen molar-refractivity contribution in [3.05, 3.63) is 41.2 Å². The average molecular weight is 413 g/mol. The Hall–Kier alpha value is -2.49. The van der Waals surface area contributed by atoms with Gasteiger partial charge in [-0.3, -0.25) is 0 Å². The normalized spacial score (nSPS) is 14.2. The highest BCUT2D eigenvalue weighted by Gasteiger charge is 2.27. The van der Waals surface area contributed by atoms with Gasteiger partial charge in [0.25, 0.3) is 6.43 Å². The lowest BCUT2D eigenvalue weighted by molar-refractivity contribution is 0.0513. The van der Waals surface area contributed by atoms with Gasteiger partial charge in [-0.1, -0.05) is 0 Å². The van der Waals surface area contributed by atoms with Crippen molar-refractivity contribution in [1.29, 1.82) is 0 Å². The molecular weight excluding hydrogens is 392 g/mol. The minimum Gasteiger partial charge on any atom is -0.462 e. The van der Waals surface area contributed by atoms with Crippen LogP contribution in [0, 0.1) is 0 Å². The predicted octanol–water partition coefficient (Wildman–Crippen LogP) is 2.81. The molecule has 0 saturated carbocycles. The van der Waals surface area contributed by atoms with E-state index >= 15 is 0 Å². The number of benzene rings is 1. The maximum atomic E-state index is 13.6. The van der Waals surface area contributed by atoms with Gasteiger partial charge in [-0.05, 0) is 43.5 Å². The molecule has 0 saturated heterocycles. The molecule has 0 radical (unpaired) electrons. The van der Waals surface area contributed by atoms with Gasteiger partial charge >= 0.3 is 5.97 Å². The quantitative estimate of drug-likeness (QED) is 0.678. The van der Waals surface area contributed by atoms with Crippen LogP contribution in [-0.4, -0.2) is 43.6 Å². The number of hydrogen-bond acceptors (Lipinski definition) is 6. The summed E-state index contributed by atoms with van der Waals surface area (Å²) in [6.45, 7) is 2.29. The van der Waals surface area contributed by atoms with Crippen molar-refractivity contribution in [1.82, 2.24) is 9.78 Å². The van der Waals surface area contributed by atoms with E-state index in [1.54, 1.807) is 19.1 Å². The van der Waals surface area contributed by atoms with Gasteiger partial charge in [0, 0.05) is 18.5 Å². The summed E-state index contributed by atoms with van der Waals surface area (Å²) in [5.74, 6) is -0.833. The van der Waals surface area contributed by atoms with E-state index in [4.69, 9.17) is 4.74 Å². The van der Waals surface area contributed by atoms with Gasteiger partial charge in [0.1, 0.15) is 17.9 Å². The number of alkyl halides is 2. The summed E-state index contributed by atoms with van der Waals surface area (Å²) in [4.78, 5) is 14.0. The first-order chi connectivity index (χ1) is 13.2. The lowest BCUT2D eigenvalue weighted by Crippen LogP contribution is -2.32. The number of carbonyl (C=O) groups is 1. The summed E-state index contributed by atoms with van der Waals surface area (Å²) < 4.78 is 56.7. The van der Waals surface area contributed by atoms with Gasteiger partial charge in [0.2, 0.25) is 0 Å². The molecule has 1 aromatic carbocycles. The van der Waals surface area contributed by atoms with E-state index in [9.17, 15) is 22.0 Å². The molecule has 3 rings (SSSR count). The van der Waals surface area contributed by atoms with E-state index < -0.39 is 27.9 Å². The zero-order valence-electron chi connectivity index (χ0n) is 15.6. The molecule has 0 fully saturated rings. The predicted molar refractivity (Wildman–Crippen MR) is 98.4 cm³/mol. The van der Waals surface area contributed by atoms with Gasteiger partial charge in [-0.25, -0.2) is 26.7 Å². The molecule has 2 heterocycles. The molecule has 7 nitrogen and oxygen atoms in total. The molecule has 1 aliphatic rings. The zero-order valence-corrected chi connectivity index (χ0v) is 16.4. The second-order valence-electron chi connectivity index (χ2n) is 6.54. The Balaban J connectivity index is 1.93. The minimum absolute atomic E-state index is 0.0182. The number of fused-ring (bicyclic) bond motifs is 1. The number of carbonyl (C=O) groups excluding carboxylic acids is 1. The topological polar surface area (TPSA) is 81.5 Å². The van der Waals surface area contributed by atoms with Crippen LogP contribution >= 0.6 is 0 Å². The Morgan fingerprint density at radius 2 is 2.11 bits per heavy atom. The molecular formula is C18H21F2N3O4S. The van der Waals surface area contributed by atoms with Crippen molar-refractivity contribution in [2.24, 2.45) is 0 Å². The molecule has 0 spiro atoms. The lowest BCUT2D eigenvalue weighted by atomic mass is 10.0. The van der Waals surface area contributed by atoms with Crippen LogP contribution in [0.25, 0.3) is 0 Å². The zero-order chi connectivity index (χ0) is 20.5. The summed E-state index contributed by atoms with van der Waals surface area (Å²) >= 11 is 0. The number of halogens is 2. The number of aromatic nitrogens is 2. The molecule has 0 unspecified atom stereocenters. The molecule has 0 atom stereocenters. The largest absolute Gasteiger partial charge is 0.462 e. The first-order valence-electron chi connectivity index (χ1n) is 8.81. The number of aryl methyl sites for hydroxylation is 1. The lowest BCUT2D eigenvalue weighted by Gasteiger charge is -2.32. The Labute approximate surface area is 161 Å². The Morgan fingerprint density at radius 3 is 2.75 bits per heavy atom. The number of sulfone groups is 1. The second kappa shape index (κ2) is 7.86.